The monoisotopic (exact) mass is 268 g/mol. The number of furan rings is 1. The van der Waals surface area contributed by atoms with Crippen LogP contribution in [0.1, 0.15) is 44.3 Å². The van der Waals surface area contributed by atoms with Gasteiger partial charge in [-0.2, -0.15) is 0 Å². The molecule has 1 aromatic rings. The van der Waals surface area contributed by atoms with Crippen molar-refractivity contribution >= 4 is 12.0 Å². The number of hydrogen-bond donors (Lipinski definition) is 3. The van der Waals surface area contributed by atoms with Crippen molar-refractivity contribution in [3.05, 3.63) is 23.7 Å². The van der Waals surface area contributed by atoms with E-state index in [1.54, 1.807) is 6.92 Å². The third-order valence-electron chi connectivity index (χ3n) is 2.70. The molecule has 2 atom stereocenters. The van der Waals surface area contributed by atoms with Crippen LogP contribution in [0.4, 0.5) is 4.79 Å². The minimum Gasteiger partial charge on any atom is -0.481 e. The zero-order valence-corrected chi connectivity index (χ0v) is 11.4. The molecule has 0 saturated carbocycles. The van der Waals surface area contributed by atoms with Gasteiger partial charge in [0.05, 0.1) is 6.04 Å². The van der Waals surface area contributed by atoms with Gasteiger partial charge in [0.2, 0.25) is 0 Å². The van der Waals surface area contributed by atoms with Crippen molar-refractivity contribution < 1.29 is 19.1 Å². The molecule has 6 nitrogen and oxygen atoms in total. The number of carbonyl (C=O) groups is 2. The molecule has 0 aliphatic carbocycles. The number of carbonyl (C=O) groups excluding carboxylic acids is 1. The van der Waals surface area contributed by atoms with Gasteiger partial charge in [-0.25, -0.2) is 4.79 Å². The Balaban J connectivity index is 2.36. The Morgan fingerprint density at radius 1 is 1.32 bits per heavy atom. The van der Waals surface area contributed by atoms with E-state index < -0.39 is 5.97 Å². The number of hydrogen-bond acceptors (Lipinski definition) is 3. The van der Waals surface area contributed by atoms with Crippen LogP contribution < -0.4 is 10.6 Å². The van der Waals surface area contributed by atoms with Gasteiger partial charge >= 0.3 is 12.0 Å². The molecule has 0 aliphatic rings. The van der Waals surface area contributed by atoms with Crippen molar-refractivity contribution in [3.63, 3.8) is 0 Å². The number of aryl methyl sites for hydroxylation is 1. The topological polar surface area (TPSA) is 91.6 Å². The maximum absolute atomic E-state index is 11.7. The molecule has 0 radical (unpaired) electrons. The maximum Gasteiger partial charge on any atom is 0.315 e. The fourth-order valence-corrected chi connectivity index (χ4v) is 1.63. The van der Waals surface area contributed by atoms with Crippen LogP contribution in [-0.4, -0.2) is 23.1 Å². The smallest absolute Gasteiger partial charge is 0.315 e. The summed E-state index contributed by atoms with van der Waals surface area (Å²) in [5.41, 5.74) is 0. The number of urea groups is 1. The lowest BCUT2D eigenvalue weighted by Crippen LogP contribution is -2.41. The second-order valence-electron chi connectivity index (χ2n) is 4.62. The lowest BCUT2D eigenvalue weighted by Gasteiger charge is -2.16. The minimum absolute atomic E-state index is 0.0361. The highest BCUT2D eigenvalue weighted by Crippen LogP contribution is 2.15. The Morgan fingerprint density at radius 2 is 2.00 bits per heavy atom. The fourth-order valence-electron chi connectivity index (χ4n) is 1.63. The minimum atomic E-state index is -0.867. The molecule has 2 amide bonds. The molecule has 1 heterocycles. The van der Waals surface area contributed by atoms with Crippen LogP contribution in [-0.2, 0) is 4.79 Å². The molecule has 1 rings (SSSR count). The lowest BCUT2D eigenvalue weighted by atomic mass is 10.2. The Morgan fingerprint density at radius 3 is 2.53 bits per heavy atom. The predicted octanol–water partition coefficient (Wildman–Crippen LogP) is 2.20. The van der Waals surface area contributed by atoms with Gasteiger partial charge in [0.15, 0.2) is 0 Å². The van der Waals surface area contributed by atoms with E-state index in [0.717, 1.165) is 5.76 Å². The van der Waals surface area contributed by atoms with Crippen molar-refractivity contribution in [2.24, 2.45) is 0 Å². The van der Waals surface area contributed by atoms with Crippen LogP contribution in [0, 0.1) is 6.92 Å². The maximum atomic E-state index is 11.7. The van der Waals surface area contributed by atoms with E-state index in [0.29, 0.717) is 12.2 Å². The van der Waals surface area contributed by atoms with E-state index in [2.05, 4.69) is 10.6 Å². The summed E-state index contributed by atoms with van der Waals surface area (Å²) in [4.78, 5) is 22.1. The number of aliphatic carboxylic acids is 1. The Kier molecular flexibility index (Phi) is 5.41. The predicted molar refractivity (Wildman–Crippen MR) is 69.9 cm³/mol. The van der Waals surface area contributed by atoms with Crippen LogP contribution in [0.3, 0.4) is 0 Å². The summed E-state index contributed by atoms with van der Waals surface area (Å²) in [6.45, 7) is 5.42. The largest absolute Gasteiger partial charge is 0.481 e. The van der Waals surface area contributed by atoms with E-state index in [-0.39, 0.29) is 24.5 Å². The highest BCUT2D eigenvalue weighted by molar-refractivity contribution is 5.74. The van der Waals surface area contributed by atoms with Crippen molar-refractivity contribution in [3.8, 4) is 0 Å². The number of carboxylic acids is 1. The van der Waals surface area contributed by atoms with Crippen LogP contribution >= 0.6 is 0 Å². The first-order chi connectivity index (χ1) is 8.88. The molecule has 3 N–H and O–H groups in total. The van der Waals surface area contributed by atoms with Crippen LogP contribution in [0.2, 0.25) is 0 Å². The van der Waals surface area contributed by atoms with Gasteiger partial charge in [-0.15, -0.1) is 0 Å². The van der Waals surface area contributed by atoms with E-state index in [1.165, 1.54) is 0 Å². The molecule has 6 heteroatoms. The van der Waals surface area contributed by atoms with Crippen LogP contribution in [0.5, 0.6) is 0 Å². The molecule has 1 aromatic heterocycles. The second-order valence-corrected chi connectivity index (χ2v) is 4.62. The number of nitrogens with one attached hydrogen (secondary N) is 2. The van der Waals surface area contributed by atoms with Crippen molar-refractivity contribution in [1.29, 1.82) is 0 Å². The van der Waals surface area contributed by atoms with Gasteiger partial charge < -0.3 is 20.2 Å². The molecule has 0 bridgehead atoms. The van der Waals surface area contributed by atoms with Crippen molar-refractivity contribution in [2.45, 2.75) is 45.7 Å². The Labute approximate surface area is 112 Å². The molecule has 106 valence electrons. The zero-order valence-electron chi connectivity index (χ0n) is 11.4. The molecule has 2 unspecified atom stereocenters. The van der Waals surface area contributed by atoms with Crippen molar-refractivity contribution in [1.82, 2.24) is 10.6 Å². The third-order valence-corrected chi connectivity index (χ3v) is 2.70. The third kappa shape index (κ3) is 5.46. The molecule has 19 heavy (non-hydrogen) atoms. The quantitative estimate of drug-likeness (QED) is 0.737. The van der Waals surface area contributed by atoms with Crippen molar-refractivity contribution in [2.75, 3.05) is 0 Å². The summed E-state index contributed by atoms with van der Waals surface area (Å²) in [6, 6.07) is 2.89. The van der Waals surface area contributed by atoms with E-state index in [9.17, 15) is 9.59 Å². The molecule has 0 aliphatic heterocycles. The van der Waals surface area contributed by atoms with E-state index in [1.807, 2.05) is 26.0 Å². The Hall–Kier alpha value is -1.98. The number of amides is 2. The van der Waals surface area contributed by atoms with E-state index >= 15 is 0 Å². The van der Waals surface area contributed by atoms with Gasteiger partial charge in [-0.3, -0.25) is 4.79 Å². The van der Waals surface area contributed by atoms with Crippen LogP contribution in [0.15, 0.2) is 16.5 Å². The van der Waals surface area contributed by atoms with Gasteiger partial charge in [0.25, 0.3) is 0 Å². The van der Waals surface area contributed by atoms with Gasteiger partial charge in [0, 0.05) is 12.5 Å². The first-order valence-electron chi connectivity index (χ1n) is 6.23. The van der Waals surface area contributed by atoms with Crippen LogP contribution in [0.25, 0.3) is 0 Å². The van der Waals surface area contributed by atoms with Gasteiger partial charge in [-0.1, -0.05) is 0 Å². The first-order valence-corrected chi connectivity index (χ1v) is 6.23. The summed E-state index contributed by atoms with van der Waals surface area (Å²) < 4.78 is 5.41. The summed E-state index contributed by atoms with van der Waals surface area (Å²) in [5, 5.41) is 14.0. The fraction of sp³-hybridized carbons (Fsp3) is 0.538. The highest BCUT2D eigenvalue weighted by Gasteiger charge is 2.14. The lowest BCUT2D eigenvalue weighted by molar-refractivity contribution is -0.137. The summed E-state index contributed by atoms with van der Waals surface area (Å²) in [5.74, 6) is 0.609. The summed E-state index contributed by atoms with van der Waals surface area (Å²) >= 11 is 0. The van der Waals surface area contributed by atoms with E-state index in [4.69, 9.17) is 9.52 Å². The summed E-state index contributed by atoms with van der Waals surface area (Å²) in [7, 11) is 0. The molecule has 0 fully saturated rings. The summed E-state index contributed by atoms with van der Waals surface area (Å²) in [6.07, 6.45) is 0.436. The Bertz CT molecular complexity index is 442. The SMILES string of the molecule is Cc1ccc(C(C)NC(=O)NC(C)CCC(=O)O)o1. The number of rotatable bonds is 6. The normalized spacial score (nSPS) is 13.6. The molecule has 0 aromatic carbocycles. The zero-order chi connectivity index (χ0) is 14.4. The molecular weight excluding hydrogens is 248 g/mol. The number of carboxylic acid groups (broad SMARTS) is 1. The first kappa shape index (κ1) is 15.1. The highest BCUT2D eigenvalue weighted by atomic mass is 16.4. The second kappa shape index (κ2) is 6.82. The average molecular weight is 268 g/mol. The molecule has 0 spiro atoms. The molecule has 0 saturated heterocycles. The standard InChI is InChI=1S/C13H20N2O4/c1-8(4-7-12(16)17)14-13(18)15-10(3)11-6-5-9(2)19-11/h5-6,8,10H,4,7H2,1-3H3,(H,16,17)(H2,14,15,18). The average Bonchev–Trinajstić information content (AvgIpc) is 2.73. The van der Waals surface area contributed by atoms with Gasteiger partial charge in [-0.05, 0) is 39.3 Å². The van der Waals surface area contributed by atoms with Gasteiger partial charge in [0.1, 0.15) is 11.5 Å². The molecular formula is C13H20N2O4.